The van der Waals surface area contributed by atoms with Gasteiger partial charge in [0.05, 0.1) is 13.0 Å². The van der Waals surface area contributed by atoms with Crippen LogP contribution < -0.4 is 14.8 Å². The number of ether oxygens (including phenoxy) is 2. The van der Waals surface area contributed by atoms with Gasteiger partial charge in [0.25, 0.3) is 0 Å². The molecule has 0 saturated heterocycles. The second-order valence-electron chi connectivity index (χ2n) is 5.01. The van der Waals surface area contributed by atoms with Crippen LogP contribution in [0.3, 0.4) is 0 Å². The van der Waals surface area contributed by atoms with Crippen molar-refractivity contribution in [3.8, 4) is 11.5 Å². The van der Waals surface area contributed by atoms with E-state index in [-0.39, 0.29) is 11.8 Å². The summed E-state index contributed by atoms with van der Waals surface area (Å²) in [7, 11) is 3.44. The molecule has 110 valence electrons. The molecule has 1 atom stereocenters. The van der Waals surface area contributed by atoms with Gasteiger partial charge in [-0.25, -0.2) is 4.98 Å². The molecule has 1 aliphatic rings. The van der Waals surface area contributed by atoms with Crippen LogP contribution in [0.2, 0.25) is 0 Å². The predicted octanol–water partition coefficient (Wildman–Crippen LogP) is 1.62. The molecular weight excluding hydrogens is 270 g/mol. The molecule has 2 aromatic rings. The number of para-hydroxylation sites is 1. The maximum atomic E-state index is 12.3. The van der Waals surface area contributed by atoms with Crippen LogP contribution in [0.1, 0.15) is 5.56 Å². The van der Waals surface area contributed by atoms with E-state index in [1.165, 1.54) is 0 Å². The number of aromatic nitrogens is 2. The Hall–Kier alpha value is -2.50. The maximum Gasteiger partial charge on any atom is 0.233 e. The number of anilines is 1. The molecule has 2 heterocycles. The zero-order valence-corrected chi connectivity index (χ0v) is 12.0. The summed E-state index contributed by atoms with van der Waals surface area (Å²) in [5, 5.41) is 2.82. The van der Waals surface area contributed by atoms with Gasteiger partial charge in [-0.05, 0) is 18.1 Å². The molecule has 6 nitrogen and oxygen atoms in total. The number of benzene rings is 1. The lowest BCUT2D eigenvalue weighted by Gasteiger charge is -2.25. The number of carbonyl (C=O) groups excluding carboxylic acids is 1. The van der Waals surface area contributed by atoms with Crippen molar-refractivity contribution < 1.29 is 14.3 Å². The molecule has 1 N–H and O–H groups in total. The third-order valence-corrected chi connectivity index (χ3v) is 3.60. The summed E-state index contributed by atoms with van der Waals surface area (Å²) < 4.78 is 12.7. The van der Waals surface area contributed by atoms with Crippen molar-refractivity contribution >= 4 is 11.9 Å². The van der Waals surface area contributed by atoms with Crippen molar-refractivity contribution in [2.45, 2.75) is 6.42 Å². The third kappa shape index (κ3) is 2.56. The van der Waals surface area contributed by atoms with Crippen molar-refractivity contribution in [1.29, 1.82) is 0 Å². The summed E-state index contributed by atoms with van der Waals surface area (Å²) in [6, 6.07) is 5.71. The fourth-order valence-corrected chi connectivity index (χ4v) is 2.42. The predicted molar refractivity (Wildman–Crippen MR) is 77.5 cm³/mol. The Morgan fingerprint density at radius 3 is 3.10 bits per heavy atom. The van der Waals surface area contributed by atoms with E-state index in [4.69, 9.17) is 9.47 Å². The molecule has 1 amide bonds. The Balaban J connectivity index is 1.74. The first-order valence-corrected chi connectivity index (χ1v) is 6.76. The Morgan fingerprint density at radius 2 is 2.38 bits per heavy atom. The highest BCUT2D eigenvalue weighted by atomic mass is 16.5. The van der Waals surface area contributed by atoms with Gasteiger partial charge in [-0.3, -0.25) is 10.1 Å². The lowest BCUT2D eigenvalue weighted by atomic mass is 9.95. The number of imidazole rings is 1. The maximum absolute atomic E-state index is 12.3. The van der Waals surface area contributed by atoms with Crippen LogP contribution >= 0.6 is 0 Å². The fraction of sp³-hybridized carbons (Fsp3) is 0.333. The van der Waals surface area contributed by atoms with E-state index >= 15 is 0 Å². The highest BCUT2D eigenvalue weighted by Crippen LogP contribution is 2.36. The van der Waals surface area contributed by atoms with E-state index in [2.05, 4.69) is 10.3 Å². The van der Waals surface area contributed by atoms with Crippen LogP contribution in [0.15, 0.2) is 30.6 Å². The van der Waals surface area contributed by atoms with E-state index in [9.17, 15) is 4.79 Å². The van der Waals surface area contributed by atoms with Crippen molar-refractivity contribution in [2.75, 3.05) is 19.0 Å². The molecule has 0 radical (unpaired) electrons. The summed E-state index contributed by atoms with van der Waals surface area (Å²) >= 11 is 0. The van der Waals surface area contributed by atoms with Gasteiger partial charge in [0.2, 0.25) is 11.9 Å². The van der Waals surface area contributed by atoms with E-state index < -0.39 is 0 Å². The first-order chi connectivity index (χ1) is 10.2. The van der Waals surface area contributed by atoms with Crippen molar-refractivity contribution in [3.63, 3.8) is 0 Å². The van der Waals surface area contributed by atoms with Crippen molar-refractivity contribution in [1.82, 2.24) is 9.55 Å². The SMILES string of the molecule is COc1cccc2c1OCC(C(=O)Nc1nccn1C)C2. The summed E-state index contributed by atoms with van der Waals surface area (Å²) in [5.41, 5.74) is 0.987. The topological polar surface area (TPSA) is 65.4 Å². The number of hydrogen-bond donors (Lipinski definition) is 1. The summed E-state index contributed by atoms with van der Waals surface area (Å²) in [5.74, 6) is 1.66. The number of methoxy groups -OCH3 is 1. The number of amides is 1. The second-order valence-corrected chi connectivity index (χ2v) is 5.01. The van der Waals surface area contributed by atoms with Crippen LogP contribution in [0.4, 0.5) is 5.95 Å². The lowest BCUT2D eigenvalue weighted by molar-refractivity contribution is -0.121. The Kier molecular flexibility index (Phi) is 3.51. The van der Waals surface area contributed by atoms with E-state index in [0.717, 1.165) is 11.3 Å². The molecule has 1 aromatic heterocycles. The smallest absolute Gasteiger partial charge is 0.233 e. The Bertz CT molecular complexity index is 666. The number of rotatable bonds is 3. The van der Waals surface area contributed by atoms with Crippen LogP contribution in [0.25, 0.3) is 0 Å². The molecule has 0 saturated carbocycles. The minimum absolute atomic E-state index is 0.0854. The quantitative estimate of drug-likeness (QED) is 0.931. The number of nitrogens with one attached hydrogen (secondary N) is 1. The van der Waals surface area contributed by atoms with Crippen LogP contribution in [0.5, 0.6) is 11.5 Å². The molecule has 1 aromatic carbocycles. The second kappa shape index (κ2) is 5.47. The molecule has 0 bridgehead atoms. The minimum Gasteiger partial charge on any atom is -0.493 e. The Labute approximate surface area is 122 Å². The number of aryl methyl sites for hydroxylation is 1. The highest BCUT2D eigenvalue weighted by Gasteiger charge is 2.28. The molecular formula is C15H17N3O3. The summed E-state index contributed by atoms with van der Waals surface area (Å²) in [4.78, 5) is 16.4. The van der Waals surface area contributed by atoms with Gasteiger partial charge in [-0.1, -0.05) is 12.1 Å². The number of hydrogen-bond acceptors (Lipinski definition) is 4. The molecule has 0 spiro atoms. The molecule has 3 rings (SSSR count). The minimum atomic E-state index is -0.235. The third-order valence-electron chi connectivity index (χ3n) is 3.60. The van der Waals surface area contributed by atoms with E-state index in [0.29, 0.717) is 24.7 Å². The summed E-state index contributed by atoms with van der Waals surface area (Å²) in [6.45, 7) is 0.337. The number of fused-ring (bicyclic) bond motifs is 1. The van der Waals surface area contributed by atoms with Gasteiger partial charge >= 0.3 is 0 Å². The monoisotopic (exact) mass is 287 g/mol. The van der Waals surface area contributed by atoms with Gasteiger partial charge < -0.3 is 14.0 Å². The zero-order chi connectivity index (χ0) is 14.8. The zero-order valence-electron chi connectivity index (χ0n) is 12.0. The number of carbonyl (C=O) groups is 1. The first kappa shape index (κ1) is 13.5. The Morgan fingerprint density at radius 1 is 1.52 bits per heavy atom. The van der Waals surface area contributed by atoms with Crippen LogP contribution in [-0.2, 0) is 18.3 Å². The first-order valence-electron chi connectivity index (χ1n) is 6.76. The largest absolute Gasteiger partial charge is 0.493 e. The average molecular weight is 287 g/mol. The van der Waals surface area contributed by atoms with Gasteiger partial charge in [0.1, 0.15) is 6.61 Å². The number of nitrogens with zero attached hydrogens (tertiary/aromatic N) is 2. The highest BCUT2D eigenvalue weighted by molar-refractivity contribution is 5.91. The summed E-state index contributed by atoms with van der Waals surface area (Å²) in [6.07, 6.45) is 4.06. The van der Waals surface area contributed by atoms with Gasteiger partial charge in [-0.15, -0.1) is 0 Å². The van der Waals surface area contributed by atoms with Crippen molar-refractivity contribution in [2.24, 2.45) is 13.0 Å². The molecule has 1 aliphatic heterocycles. The average Bonchev–Trinajstić information content (AvgIpc) is 2.91. The van der Waals surface area contributed by atoms with Gasteiger partial charge in [-0.2, -0.15) is 0 Å². The van der Waals surface area contributed by atoms with E-state index in [1.807, 2.05) is 25.2 Å². The van der Waals surface area contributed by atoms with Crippen LogP contribution in [0, 0.1) is 5.92 Å². The van der Waals surface area contributed by atoms with Crippen molar-refractivity contribution in [3.05, 3.63) is 36.2 Å². The fourth-order valence-electron chi connectivity index (χ4n) is 2.42. The van der Waals surface area contributed by atoms with Gasteiger partial charge in [0, 0.05) is 19.4 Å². The van der Waals surface area contributed by atoms with Gasteiger partial charge in [0.15, 0.2) is 11.5 Å². The molecule has 6 heteroatoms. The molecule has 0 fully saturated rings. The molecule has 0 aliphatic carbocycles. The molecule has 1 unspecified atom stereocenters. The lowest BCUT2D eigenvalue weighted by Crippen LogP contribution is -2.33. The molecule has 21 heavy (non-hydrogen) atoms. The normalized spacial score (nSPS) is 16.8. The standard InChI is InChI=1S/C15H17N3O3/c1-18-7-6-16-15(18)17-14(19)11-8-10-4-3-5-12(20-2)13(10)21-9-11/h3-7,11H,8-9H2,1-2H3,(H,16,17,19). The van der Waals surface area contributed by atoms with Crippen LogP contribution in [-0.4, -0.2) is 29.2 Å². The van der Waals surface area contributed by atoms with E-state index in [1.54, 1.807) is 24.1 Å².